The van der Waals surface area contributed by atoms with Gasteiger partial charge in [0, 0.05) is 16.4 Å². The number of carbonyl (C=O) groups is 2. The fourth-order valence-corrected chi connectivity index (χ4v) is 4.89. The fourth-order valence-electron chi connectivity index (χ4n) is 2.69. The molecular weight excluding hydrogens is 424 g/mol. The summed E-state index contributed by atoms with van der Waals surface area (Å²) >= 11 is 1.30. The largest absolute Gasteiger partial charge is 0.448 e. The Kier molecular flexibility index (Phi) is 6.55. The van der Waals surface area contributed by atoms with E-state index in [1.54, 1.807) is 19.9 Å². The molecule has 30 heavy (non-hydrogen) atoms. The van der Waals surface area contributed by atoms with Crippen molar-refractivity contribution in [3.63, 3.8) is 0 Å². The van der Waals surface area contributed by atoms with Gasteiger partial charge in [0.1, 0.15) is 4.88 Å². The van der Waals surface area contributed by atoms with Crippen LogP contribution >= 0.6 is 11.3 Å². The van der Waals surface area contributed by atoms with E-state index in [1.807, 2.05) is 24.3 Å². The topological polar surface area (TPSA) is 102 Å². The number of amides is 1. The monoisotopic (exact) mass is 446 g/mol. The molecule has 2 N–H and O–H groups in total. The van der Waals surface area contributed by atoms with Gasteiger partial charge in [-0.15, -0.1) is 11.3 Å². The molecule has 1 heterocycles. The van der Waals surface area contributed by atoms with E-state index in [4.69, 9.17) is 4.74 Å². The summed E-state index contributed by atoms with van der Waals surface area (Å²) in [5.41, 5.74) is 0.397. The van der Waals surface area contributed by atoms with Gasteiger partial charge in [0.2, 0.25) is 10.0 Å². The van der Waals surface area contributed by atoms with Gasteiger partial charge >= 0.3 is 5.97 Å². The number of thiophene rings is 1. The van der Waals surface area contributed by atoms with Gasteiger partial charge in [-0.1, -0.05) is 18.2 Å². The molecule has 0 fully saturated rings. The molecule has 0 bridgehead atoms. The highest BCUT2D eigenvalue weighted by atomic mass is 32.2. The Labute approximate surface area is 179 Å². The van der Waals surface area contributed by atoms with E-state index in [-0.39, 0.29) is 10.9 Å². The number of hydrogen-bond acceptors (Lipinski definition) is 6. The highest BCUT2D eigenvalue weighted by Crippen LogP contribution is 2.26. The fraction of sp³-hybridized carbons (Fsp3) is 0.238. The Morgan fingerprint density at radius 3 is 2.30 bits per heavy atom. The quantitative estimate of drug-likeness (QED) is 0.538. The molecule has 3 rings (SSSR count). The van der Waals surface area contributed by atoms with Crippen molar-refractivity contribution in [2.45, 2.75) is 37.8 Å². The Morgan fingerprint density at radius 1 is 1.00 bits per heavy atom. The lowest BCUT2D eigenvalue weighted by Crippen LogP contribution is -2.30. The Morgan fingerprint density at radius 2 is 1.67 bits per heavy atom. The predicted molar refractivity (Wildman–Crippen MR) is 117 cm³/mol. The Bertz CT molecular complexity index is 1130. The molecule has 2 aromatic carbocycles. The third kappa shape index (κ3) is 5.24. The third-order valence-electron chi connectivity index (χ3n) is 4.10. The zero-order valence-corrected chi connectivity index (χ0v) is 18.3. The average molecular weight is 447 g/mol. The van der Waals surface area contributed by atoms with Gasteiger partial charge in [-0.05, 0) is 62.6 Å². The van der Waals surface area contributed by atoms with Crippen LogP contribution in [0, 0.1) is 0 Å². The first-order valence-electron chi connectivity index (χ1n) is 9.28. The van der Waals surface area contributed by atoms with Crippen LogP contribution < -0.4 is 10.0 Å². The number of nitrogens with one attached hydrogen (secondary N) is 2. The number of anilines is 1. The number of carbonyl (C=O) groups excluding carboxylic acids is 2. The molecule has 0 aliphatic rings. The first-order chi connectivity index (χ1) is 14.2. The van der Waals surface area contributed by atoms with Crippen LogP contribution in [0.1, 0.15) is 30.4 Å². The molecule has 0 radical (unpaired) electrons. The van der Waals surface area contributed by atoms with Crippen molar-refractivity contribution < 1.29 is 22.7 Å². The van der Waals surface area contributed by atoms with Gasteiger partial charge in [-0.3, -0.25) is 4.79 Å². The zero-order chi connectivity index (χ0) is 21.9. The second-order valence-electron chi connectivity index (χ2n) is 6.99. The van der Waals surface area contributed by atoms with Gasteiger partial charge in [0.25, 0.3) is 5.91 Å². The molecule has 158 valence electrons. The van der Waals surface area contributed by atoms with Gasteiger partial charge in [0.05, 0.1) is 4.90 Å². The Hall–Kier alpha value is -2.75. The van der Waals surface area contributed by atoms with Gasteiger partial charge in [-0.25, -0.2) is 17.9 Å². The third-order valence-corrected chi connectivity index (χ3v) is 6.87. The molecule has 7 nitrogen and oxygen atoms in total. The van der Waals surface area contributed by atoms with E-state index >= 15 is 0 Å². The molecule has 1 aromatic heterocycles. The number of benzene rings is 2. The van der Waals surface area contributed by atoms with Crippen LogP contribution in [0.5, 0.6) is 0 Å². The normalized spacial score (nSPS) is 12.7. The zero-order valence-electron chi connectivity index (χ0n) is 16.7. The molecule has 0 saturated heterocycles. The maximum absolute atomic E-state index is 12.4. The molecule has 0 aliphatic heterocycles. The van der Waals surface area contributed by atoms with Gasteiger partial charge in [0.15, 0.2) is 6.10 Å². The number of fused-ring (bicyclic) bond motifs is 1. The number of sulfonamides is 1. The molecule has 0 aliphatic carbocycles. The summed E-state index contributed by atoms with van der Waals surface area (Å²) in [4.78, 5) is 25.2. The van der Waals surface area contributed by atoms with Crippen LogP contribution in [0.2, 0.25) is 0 Å². The molecule has 0 saturated carbocycles. The molecule has 0 spiro atoms. The lowest BCUT2D eigenvalue weighted by atomic mass is 10.2. The van der Waals surface area contributed by atoms with Crippen LogP contribution in [-0.2, 0) is 19.6 Å². The van der Waals surface area contributed by atoms with Gasteiger partial charge < -0.3 is 10.1 Å². The summed E-state index contributed by atoms with van der Waals surface area (Å²) < 4.78 is 33.0. The van der Waals surface area contributed by atoms with Crippen molar-refractivity contribution in [1.29, 1.82) is 0 Å². The van der Waals surface area contributed by atoms with E-state index in [9.17, 15) is 18.0 Å². The number of esters is 1. The Balaban J connectivity index is 1.61. The molecule has 1 amide bonds. The lowest BCUT2D eigenvalue weighted by molar-refractivity contribution is -0.123. The van der Waals surface area contributed by atoms with Crippen molar-refractivity contribution in [3.05, 3.63) is 59.5 Å². The van der Waals surface area contributed by atoms with Gasteiger partial charge in [-0.2, -0.15) is 0 Å². The summed E-state index contributed by atoms with van der Waals surface area (Å²) in [6.45, 7) is 4.94. The van der Waals surface area contributed by atoms with Crippen molar-refractivity contribution in [3.8, 4) is 0 Å². The summed E-state index contributed by atoms with van der Waals surface area (Å²) in [7, 11) is -3.61. The van der Waals surface area contributed by atoms with E-state index in [0.717, 1.165) is 10.1 Å². The van der Waals surface area contributed by atoms with Crippen LogP contribution in [-0.4, -0.2) is 32.4 Å². The number of ether oxygens (including phenoxy) is 1. The molecule has 1 atom stereocenters. The van der Waals surface area contributed by atoms with Crippen molar-refractivity contribution in [2.24, 2.45) is 0 Å². The van der Waals surface area contributed by atoms with Crippen molar-refractivity contribution in [1.82, 2.24) is 4.72 Å². The highest BCUT2D eigenvalue weighted by Gasteiger charge is 2.21. The predicted octanol–water partition coefficient (Wildman–Crippen LogP) is 3.77. The van der Waals surface area contributed by atoms with Crippen LogP contribution in [0.15, 0.2) is 59.5 Å². The lowest BCUT2D eigenvalue weighted by Gasteiger charge is -2.14. The van der Waals surface area contributed by atoms with E-state index in [1.165, 1.54) is 42.5 Å². The molecular formula is C21H22N2O5S2. The van der Waals surface area contributed by atoms with E-state index in [2.05, 4.69) is 10.0 Å². The average Bonchev–Trinajstić information content (AvgIpc) is 3.11. The number of hydrogen-bond donors (Lipinski definition) is 2. The summed E-state index contributed by atoms with van der Waals surface area (Å²) in [6, 6.07) is 14.8. The summed E-state index contributed by atoms with van der Waals surface area (Å²) in [5.74, 6) is -1.08. The van der Waals surface area contributed by atoms with E-state index in [0.29, 0.717) is 10.6 Å². The summed E-state index contributed by atoms with van der Waals surface area (Å²) in [5, 5.41) is 3.56. The highest BCUT2D eigenvalue weighted by molar-refractivity contribution is 7.89. The smallest absolute Gasteiger partial charge is 0.349 e. The molecule has 1 unspecified atom stereocenters. The molecule has 9 heteroatoms. The first-order valence-corrected chi connectivity index (χ1v) is 11.6. The SMILES string of the molecule is CC(C)NS(=O)(=O)c1ccc(NC(=O)C(C)OC(=O)c2cc3ccccc3s2)cc1. The maximum Gasteiger partial charge on any atom is 0.349 e. The standard InChI is InChI=1S/C21H22N2O5S2/c1-13(2)23-30(26,27)17-10-8-16(9-11-17)22-20(24)14(3)28-21(25)19-12-15-6-4-5-7-18(15)29-19/h4-14,23H,1-3H3,(H,22,24). The second-order valence-corrected chi connectivity index (χ2v) is 9.78. The van der Waals surface area contributed by atoms with Crippen LogP contribution in [0.4, 0.5) is 5.69 Å². The minimum absolute atomic E-state index is 0.0958. The van der Waals surface area contributed by atoms with Crippen molar-refractivity contribution in [2.75, 3.05) is 5.32 Å². The minimum atomic E-state index is -3.61. The maximum atomic E-state index is 12.4. The van der Waals surface area contributed by atoms with Crippen LogP contribution in [0.25, 0.3) is 10.1 Å². The summed E-state index contributed by atoms with van der Waals surface area (Å²) in [6.07, 6.45) is -1.02. The molecule has 3 aromatic rings. The van der Waals surface area contributed by atoms with E-state index < -0.39 is 28.0 Å². The second kappa shape index (κ2) is 8.95. The minimum Gasteiger partial charge on any atom is -0.448 e. The van der Waals surface area contributed by atoms with Crippen molar-refractivity contribution >= 4 is 49.0 Å². The first kappa shape index (κ1) is 21.9. The van der Waals surface area contributed by atoms with Crippen LogP contribution in [0.3, 0.4) is 0 Å². The number of rotatable bonds is 7.